The SMILES string of the molecule is Cc1nn(C)c(C#N)c1CC1c2ccccc2C(=O)N1CC1CC2(CNC(=O)O2)C1. The largest absolute Gasteiger partial charge is 0.441 e. The molecule has 8 nitrogen and oxygen atoms in total. The predicted octanol–water partition coefficient (Wildman–Crippen LogP) is 2.23. The number of hydrogen-bond acceptors (Lipinski definition) is 5. The molecule has 8 heteroatoms. The number of nitriles is 1. The van der Waals surface area contributed by atoms with Gasteiger partial charge in [0, 0.05) is 31.1 Å². The Bertz CT molecular complexity index is 1090. The Morgan fingerprint density at radius 3 is 2.80 bits per heavy atom. The van der Waals surface area contributed by atoms with Crippen LogP contribution in [-0.4, -0.2) is 45.4 Å². The van der Waals surface area contributed by atoms with Gasteiger partial charge < -0.3 is 15.0 Å². The van der Waals surface area contributed by atoms with Crippen molar-refractivity contribution < 1.29 is 14.3 Å². The van der Waals surface area contributed by atoms with Crippen molar-refractivity contribution in [2.45, 2.75) is 37.8 Å². The molecule has 0 radical (unpaired) electrons. The van der Waals surface area contributed by atoms with Gasteiger partial charge in [-0.3, -0.25) is 9.48 Å². The first-order valence-corrected chi connectivity index (χ1v) is 10.2. The molecule has 30 heavy (non-hydrogen) atoms. The van der Waals surface area contributed by atoms with Gasteiger partial charge in [-0.05, 0) is 37.3 Å². The highest BCUT2D eigenvalue weighted by molar-refractivity contribution is 5.99. The summed E-state index contributed by atoms with van der Waals surface area (Å²) in [5.41, 5.74) is 3.57. The van der Waals surface area contributed by atoms with Gasteiger partial charge >= 0.3 is 6.09 Å². The summed E-state index contributed by atoms with van der Waals surface area (Å²) < 4.78 is 7.04. The third-order valence-electron chi connectivity index (χ3n) is 6.68. The minimum absolute atomic E-state index is 0.0261. The fourth-order valence-electron chi connectivity index (χ4n) is 5.29. The highest BCUT2D eigenvalue weighted by Gasteiger charge is 2.52. The van der Waals surface area contributed by atoms with E-state index in [2.05, 4.69) is 16.5 Å². The number of hydrogen-bond donors (Lipinski definition) is 1. The van der Waals surface area contributed by atoms with Gasteiger partial charge in [-0.1, -0.05) is 18.2 Å². The second-order valence-electron chi connectivity index (χ2n) is 8.61. The van der Waals surface area contributed by atoms with Gasteiger partial charge in [0.15, 0.2) is 0 Å². The molecular formula is C22H23N5O3. The van der Waals surface area contributed by atoms with Gasteiger partial charge in [0.25, 0.3) is 5.91 Å². The molecule has 5 rings (SSSR count). The molecule has 3 heterocycles. The molecule has 1 aliphatic carbocycles. The zero-order chi connectivity index (χ0) is 21.0. The number of carbonyl (C=O) groups excluding carboxylic acids is 2. The number of alkyl carbamates (subject to hydrolysis) is 1. The maximum absolute atomic E-state index is 13.2. The van der Waals surface area contributed by atoms with Crippen LogP contribution in [0.3, 0.4) is 0 Å². The van der Waals surface area contributed by atoms with Crippen molar-refractivity contribution in [3.05, 3.63) is 52.3 Å². The van der Waals surface area contributed by atoms with Crippen molar-refractivity contribution in [1.82, 2.24) is 20.0 Å². The van der Waals surface area contributed by atoms with Gasteiger partial charge in [-0.2, -0.15) is 10.4 Å². The smallest absolute Gasteiger partial charge is 0.407 e. The zero-order valence-electron chi connectivity index (χ0n) is 17.0. The molecule has 0 bridgehead atoms. The number of ether oxygens (including phenoxy) is 1. The van der Waals surface area contributed by atoms with E-state index in [1.54, 1.807) is 11.7 Å². The third kappa shape index (κ3) is 2.76. The van der Waals surface area contributed by atoms with Crippen molar-refractivity contribution in [3.8, 4) is 6.07 Å². The molecule has 1 N–H and O–H groups in total. The summed E-state index contributed by atoms with van der Waals surface area (Å²) in [4.78, 5) is 26.6. The van der Waals surface area contributed by atoms with Crippen LogP contribution in [0.2, 0.25) is 0 Å². The van der Waals surface area contributed by atoms with Gasteiger partial charge in [0.2, 0.25) is 0 Å². The van der Waals surface area contributed by atoms with E-state index in [1.807, 2.05) is 36.1 Å². The maximum Gasteiger partial charge on any atom is 0.407 e. The Morgan fingerprint density at radius 1 is 1.33 bits per heavy atom. The second kappa shape index (κ2) is 6.59. The quantitative estimate of drug-likeness (QED) is 0.841. The number of aromatic nitrogens is 2. The third-order valence-corrected chi connectivity index (χ3v) is 6.68. The number of benzene rings is 1. The van der Waals surface area contributed by atoms with Crippen LogP contribution < -0.4 is 5.32 Å². The van der Waals surface area contributed by atoms with Crippen LogP contribution in [0.15, 0.2) is 24.3 Å². The molecular weight excluding hydrogens is 382 g/mol. The monoisotopic (exact) mass is 405 g/mol. The highest BCUT2D eigenvalue weighted by atomic mass is 16.6. The van der Waals surface area contributed by atoms with E-state index in [9.17, 15) is 14.9 Å². The van der Waals surface area contributed by atoms with Crippen molar-refractivity contribution in [3.63, 3.8) is 0 Å². The van der Waals surface area contributed by atoms with E-state index in [4.69, 9.17) is 4.74 Å². The molecule has 1 atom stereocenters. The van der Waals surface area contributed by atoms with Crippen molar-refractivity contribution in [2.75, 3.05) is 13.1 Å². The summed E-state index contributed by atoms with van der Waals surface area (Å²) in [6, 6.07) is 9.82. The number of amides is 2. The molecule has 3 aliphatic rings. The molecule has 2 aromatic rings. The van der Waals surface area contributed by atoms with Gasteiger partial charge in [-0.15, -0.1) is 0 Å². The molecule has 2 aliphatic heterocycles. The number of fused-ring (bicyclic) bond motifs is 1. The normalized spacial score (nSPS) is 26.9. The van der Waals surface area contributed by atoms with Crippen LogP contribution in [-0.2, 0) is 18.2 Å². The average Bonchev–Trinajstić information content (AvgIpc) is 3.30. The minimum atomic E-state index is -0.402. The number of nitrogens with one attached hydrogen (secondary N) is 1. The van der Waals surface area contributed by atoms with Crippen molar-refractivity contribution in [1.29, 1.82) is 5.26 Å². The minimum Gasteiger partial charge on any atom is -0.441 e. The summed E-state index contributed by atoms with van der Waals surface area (Å²) in [6.45, 7) is 3.05. The van der Waals surface area contributed by atoms with E-state index < -0.39 is 5.60 Å². The zero-order valence-corrected chi connectivity index (χ0v) is 17.0. The summed E-state index contributed by atoms with van der Waals surface area (Å²) in [5, 5.41) is 16.7. The second-order valence-corrected chi connectivity index (χ2v) is 8.61. The lowest BCUT2D eigenvalue weighted by atomic mass is 9.70. The fourth-order valence-corrected chi connectivity index (χ4v) is 5.29. The van der Waals surface area contributed by atoms with E-state index in [0.717, 1.165) is 35.2 Å². The Labute approximate surface area is 174 Å². The van der Waals surface area contributed by atoms with Crippen LogP contribution in [0.1, 0.15) is 51.8 Å². The lowest BCUT2D eigenvalue weighted by Gasteiger charge is -2.44. The number of carbonyl (C=O) groups is 2. The molecule has 2 amide bonds. The van der Waals surface area contributed by atoms with Crippen molar-refractivity contribution >= 4 is 12.0 Å². The lowest BCUT2D eigenvalue weighted by Crippen LogP contribution is -2.51. The Morgan fingerprint density at radius 2 is 2.10 bits per heavy atom. The van der Waals surface area contributed by atoms with Gasteiger partial charge in [0.05, 0.1) is 18.3 Å². The first-order chi connectivity index (χ1) is 14.4. The van der Waals surface area contributed by atoms with Crippen molar-refractivity contribution in [2.24, 2.45) is 13.0 Å². The standard InChI is InChI=1S/C22H23N5O3/c1-13-17(19(10-23)26(2)25-13)7-18-15-5-3-4-6-16(15)20(28)27(18)11-14-8-22(9-14)12-24-21(29)30-22/h3-6,14,18H,7-9,11-12H2,1-2H3,(H,24,29). The Balaban J connectivity index is 1.41. The molecule has 1 spiro atoms. The Kier molecular flexibility index (Phi) is 4.10. The van der Waals surface area contributed by atoms with E-state index in [1.165, 1.54) is 0 Å². The summed E-state index contributed by atoms with van der Waals surface area (Å²) in [6.07, 6.45) is 1.72. The van der Waals surface area contributed by atoms with Gasteiger partial charge in [-0.25, -0.2) is 4.79 Å². The van der Waals surface area contributed by atoms with E-state index in [0.29, 0.717) is 25.2 Å². The van der Waals surface area contributed by atoms with Crippen LogP contribution in [0, 0.1) is 24.2 Å². The number of aryl methyl sites for hydroxylation is 2. The molecule has 1 unspecified atom stereocenters. The summed E-state index contributed by atoms with van der Waals surface area (Å²) in [5.74, 6) is 0.307. The summed E-state index contributed by atoms with van der Waals surface area (Å²) >= 11 is 0. The molecule has 1 aromatic carbocycles. The summed E-state index contributed by atoms with van der Waals surface area (Å²) in [7, 11) is 1.77. The maximum atomic E-state index is 13.2. The lowest BCUT2D eigenvalue weighted by molar-refractivity contribution is -0.0554. The van der Waals surface area contributed by atoms with Gasteiger partial charge in [0.1, 0.15) is 17.4 Å². The van der Waals surface area contributed by atoms with Crippen LogP contribution >= 0.6 is 0 Å². The number of nitrogens with zero attached hydrogens (tertiary/aromatic N) is 4. The first kappa shape index (κ1) is 18.7. The van der Waals surface area contributed by atoms with Crippen LogP contribution in [0.5, 0.6) is 0 Å². The average molecular weight is 405 g/mol. The van der Waals surface area contributed by atoms with E-state index >= 15 is 0 Å². The van der Waals surface area contributed by atoms with Crippen LogP contribution in [0.4, 0.5) is 4.79 Å². The predicted molar refractivity (Wildman–Crippen MR) is 107 cm³/mol. The number of rotatable bonds is 4. The first-order valence-electron chi connectivity index (χ1n) is 10.2. The molecule has 154 valence electrons. The van der Waals surface area contributed by atoms with E-state index in [-0.39, 0.29) is 24.0 Å². The molecule has 1 aromatic heterocycles. The Hall–Kier alpha value is -3.34. The van der Waals surface area contributed by atoms with Crippen LogP contribution in [0.25, 0.3) is 0 Å². The molecule has 1 saturated heterocycles. The molecule has 1 saturated carbocycles. The topological polar surface area (TPSA) is 100 Å². The molecule has 2 fully saturated rings. The highest BCUT2D eigenvalue weighted by Crippen LogP contribution is 2.45. The fraction of sp³-hybridized carbons (Fsp3) is 0.455.